The van der Waals surface area contributed by atoms with E-state index < -0.39 is 0 Å². The molecule has 0 aliphatic carbocycles. The number of rotatable bonds is 2. The third-order valence-corrected chi connectivity index (χ3v) is 6.76. The minimum atomic E-state index is -0.350. The van der Waals surface area contributed by atoms with Crippen molar-refractivity contribution >= 4 is 32.7 Å². The van der Waals surface area contributed by atoms with E-state index in [1.807, 2.05) is 63.2 Å². The Bertz CT molecular complexity index is 1850. The molecule has 0 N–H and O–H groups in total. The molecule has 0 atom stereocenters. The van der Waals surface area contributed by atoms with Gasteiger partial charge >= 0.3 is 0 Å². The van der Waals surface area contributed by atoms with Crippen LogP contribution in [0, 0.1) is 17.1 Å². The number of halogens is 1. The summed E-state index contributed by atoms with van der Waals surface area (Å²) in [6.45, 7) is 5.89. The molecule has 2 heterocycles. The maximum atomic E-state index is 15.1. The molecule has 6 aromatic rings. The van der Waals surface area contributed by atoms with Gasteiger partial charge in [-0.1, -0.05) is 69.3 Å². The van der Waals surface area contributed by atoms with E-state index in [9.17, 15) is 5.26 Å². The Labute approximate surface area is 208 Å². The summed E-state index contributed by atoms with van der Waals surface area (Å²) in [6.07, 6.45) is 1.60. The number of nitriles is 1. The van der Waals surface area contributed by atoms with Gasteiger partial charge < -0.3 is 4.42 Å². The molecule has 0 saturated heterocycles. The zero-order valence-corrected chi connectivity index (χ0v) is 20.3. The highest BCUT2D eigenvalue weighted by Gasteiger charge is 2.22. The fourth-order valence-corrected chi connectivity index (χ4v) is 4.91. The van der Waals surface area contributed by atoms with Gasteiger partial charge in [-0.15, -0.1) is 0 Å². The first-order valence-electron chi connectivity index (χ1n) is 11.9. The number of nitrogens with zero attached hydrogens (tertiary/aromatic N) is 2. The predicted molar refractivity (Wildman–Crippen MR) is 143 cm³/mol. The van der Waals surface area contributed by atoms with Crippen LogP contribution in [0.15, 0.2) is 89.5 Å². The minimum absolute atomic E-state index is 0.296. The fraction of sp³-hybridized carbons (Fsp3) is 0.125. The van der Waals surface area contributed by atoms with E-state index in [2.05, 4.69) is 41.4 Å². The molecule has 0 bridgehead atoms. The molecule has 4 aromatic carbocycles. The Hall–Kier alpha value is -4.49. The van der Waals surface area contributed by atoms with Crippen molar-refractivity contribution in [1.82, 2.24) is 4.98 Å². The lowest BCUT2D eigenvalue weighted by Gasteiger charge is -2.19. The molecule has 36 heavy (non-hydrogen) atoms. The highest BCUT2D eigenvalue weighted by molar-refractivity contribution is 6.15. The van der Waals surface area contributed by atoms with Gasteiger partial charge in [0.2, 0.25) is 0 Å². The van der Waals surface area contributed by atoms with Gasteiger partial charge in [0.05, 0.1) is 17.3 Å². The molecule has 3 nitrogen and oxygen atoms in total. The SMILES string of the molecule is CC(C)(C)c1cnc(-c2cccc3c2oc2c(-c4ccc5ccccc5c4)ccc(C#N)c23)cc1F. The molecule has 0 saturated carbocycles. The summed E-state index contributed by atoms with van der Waals surface area (Å²) < 4.78 is 21.6. The van der Waals surface area contributed by atoms with Gasteiger partial charge in [-0.25, -0.2) is 4.39 Å². The van der Waals surface area contributed by atoms with Gasteiger partial charge in [-0.05, 0) is 46.0 Å². The normalized spacial score (nSPS) is 11.9. The summed E-state index contributed by atoms with van der Waals surface area (Å²) in [5, 5.41) is 13.7. The lowest BCUT2D eigenvalue weighted by atomic mass is 9.87. The van der Waals surface area contributed by atoms with Gasteiger partial charge in [-0.2, -0.15) is 5.26 Å². The Balaban J connectivity index is 1.62. The Morgan fingerprint density at radius 2 is 1.64 bits per heavy atom. The maximum Gasteiger partial charge on any atom is 0.144 e. The summed E-state index contributed by atoms with van der Waals surface area (Å²) in [7, 11) is 0. The lowest BCUT2D eigenvalue weighted by molar-refractivity contribution is 0.520. The zero-order chi connectivity index (χ0) is 25.0. The van der Waals surface area contributed by atoms with Crippen molar-refractivity contribution in [2.24, 2.45) is 0 Å². The number of fused-ring (bicyclic) bond motifs is 4. The van der Waals surface area contributed by atoms with E-state index in [1.165, 1.54) is 6.07 Å². The summed E-state index contributed by atoms with van der Waals surface area (Å²) in [5.74, 6) is -0.296. The van der Waals surface area contributed by atoms with E-state index in [-0.39, 0.29) is 11.2 Å². The molecule has 0 amide bonds. The molecule has 4 heteroatoms. The van der Waals surface area contributed by atoms with Crippen molar-refractivity contribution in [3.05, 3.63) is 102 Å². The van der Waals surface area contributed by atoms with Crippen molar-refractivity contribution in [3.8, 4) is 28.5 Å². The highest BCUT2D eigenvalue weighted by Crippen LogP contribution is 2.41. The smallest absolute Gasteiger partial charge is 0.144 e. The lowest BCUT2D eigenvalue weighted by Crippen LogP contribution is -2.14. The van der Waals surface area contributed by atoms with Gasteiger partial charge in [0.25, 0.3) is 0 Å². The van der Waals surface area contributed by atoms with Crippen LogP contribution in [0.25, 0.3) is 55.1 Å². The number of hydrogen-bond acceptors (Lipinski definition) is 3. The third kappa shape index (κ3) is 3.44. The largest absolute Gasteiger partial charge is 0.455 e. The average molecular weight is 471 g/mol. The first kappa shape index (κ1) is 22.0. The number of para-hydroxylation sites is 1. The van der Waals surface area contributed by atoms with E-state index in [1.54, 1.807) is 6.20 Å². The second-order valence-electron chi connectivity index (χ2n) is 10.1. The average Bonchev–Trinajstić information content (AvgIpc) is 3.27. The van der Waals surface area contributed by atoms with Crippen LogP contribution in [0.5, 0.6) is 0 Å². The van der Waals surface area contributed by atoms with Gasteiger partial charge in [0.1, 0.15) is 17.0 Å². The number of furan rings is 1. The molecule has 2 aromatic heterocycles. The van der Waals surface area contributed by atoms with Crippen LogP contribution in [0.1, 0.15) is 31.9 Å². The first-order valence-corrected chi connectivity index (χ1v) is 11.9. The van der Waals surface area contributed by atoms with Gasteiger partial charge in [0.15, 0.2) is 0 Å². The topological polar surface area (TPSA) is 49.8 Å². The molecular weight excluding hydrogens is 447 g/mol. The monoisotopic (exact) mass is 470 g/mol. The quantitative estimate of drug-likeness (QED) is 0.254. The van der Waals surface area contributed by atoms with Crippen molar-refractivity contribution in [3.63, 3.8) is 0 Å². The first-order chi connectivity index (χ1) is 17.3. The molecule has 0 radical (unpaired) electrons. The van der Waals surface area contributed by atoms with Crippen LogP contribution >= 0.6 is 0 Å². The molecule has 174 valence electrons. The van der Waals surface area contributed by atoms with E-state index in [4.69, 9.17) is 4.42 Å². The summed E-state index contributed by atoms with van der Waals surface area (Å²) in [6, 6.07) is 27.8. The van der Waals surface area contributed by atoms with Crippen molar-refractivity contribution in [2.45, 2.75) is 26.2 Å². The van der Waals surface area contributed by atoms with Crippen LogP contribution < -0.4 is 0 Å². The van der Waals surface area contributed by atoms with Crippen LogP contribution in [-0.4, -0.2) is 4.98 Å². The third-order valence-electron chi connectivity index (χ3n) is 6.76. The molecule has 0 unspecified atom stereocenters. The van der Waals surface area contributed by atoms with Crippen molar-refractivity contribution in [1.29, 1.82) is 5.26 Å². The van der Waals surface area contributed by atoms with E-state index >= 15 is 4.39 Å². The van der Waals surface area contributed by atoms with Crippen molar-refractivity contribution < 1.29 is 8.81 Å². The van der Waals surface area contributed by atoms with Crippen LogP contribution in [0.2, 0.25) is 0 Å². The summed E-state index contributed by atoms with van der Waals surface area (Å²) in [4.78, 5) is 4.59. The van der Waals surface area contributed by atoms with Crippen LogP contribution in [0.4, 0.5) is 4.39 Å². The molecular formula is C32H23FN2O. The van der Waals surface area contributed by atoms with Gasteiger partial charge in [0, 0.05) is 39.7 Å². The predicted octanol–water partition coefficient (Wildman–Crippen LogP) is 8.78. The summed E-state index contributed by atoms with van der Waals surface area (Å²) >= 11 is 0. The number of pyridine rings is 1. The van der Waals surface area contributed by atoms with Crippen LogP contribution in [0.3, 0.4) is 0 Å². The second-order valence-corrected chi connectivity index (χ2v) is 10.1. The molecule has 6 rings (SSSR count). The van der Waals surface area contributed by atoms with Crippen molar-refractivity contribution in [2.75, 3.05) is 0 Å². The molecule has 0 aliphatic heterocycles. The maximum absolute atomic E-state index is 15.1. The Kier molecular flexibility index (Phi) is 4.91. The second kappa shape index (κ2) is 8.03. The molecule has 0 fully saturated rings. The highest BCUT2D eigenvalue weighted by atomic mass is 19.1. The standard InChI is InChI=1S/C32H23FN2O/c1-32(2,3)26-18-35-28(16-27(26)33)24-9-6-10-25-29-22(17-34)13-14-23(31(29)36-30(24)25)21-12-11-19-7-4-5-8-20(19)15-21/h4-16,18H,1-3H3. The number of aromatic nitrogens is 1. The Morgan fingerprint density at radius 3 is 2.39 bits per heavy atom. The molecule has 0 aliphatic rings. The minimum Gasteiger partial charge on any atom is -0.455 e. The number of hydrogen-bond donors (Lipinski definition) is 0. The zero-order valence-electron chi connectivity index (χ0n) is 20.3. The molecule has 0 spiro atoms. The number of benzene rings is 4. The van der Waals surface area contributed by atoms with Gasteiger partial charge in [-0.3, -0.25) is 4.98 Å². The Morgan fingerprint density at radius 1 is 0.833 bits per heavy atom. The van der Waals surface area contributed by atoms with E-state index in [0.29, 0.717) is 33.6 Å². The summed E-state index contributed by atoms with van der Waals surface area (Å²) in [5.41, 5.74) is 5.07. The van der Waals surface area contributed by atoms with E-state index in [0.717, 1.165) is 32.7 Å². The fourth-order valence-electron chi connectivity index (χ4n) is 4.91. The van der Waals surface area contributed by atoms with Crippen LogP contribution in [-0.2, 0) is 5.41 Å².